The Morgan fingerprint density at radius 3 is 2.36 bits per heavy atom. The zero-order chi connectivity index (χ0) is 19.8. The van der Waals surface area contributed by atoms with Gasteiger partial charge in [-0.3, -0.25) is 9.69 Å². The summed E-state index contributed by atoms with van der Waals surface area (Å²) in [5.41, 5.74) is 2.36. The number of rotatable bonds is 6. The largest absolute Gasteiger partial charge is 0.374 e. The van der Waals surface area contributed by atoms with Crippen molar-refractivity contribution in [3.05, 3.63) is 82.5 Å². The molecule has 1 amide bonds. The van der Waals surface area contributed by atoms with Crippen LogP contribution in [-0.4, -0.2) is 41.9 Å². The van der Waals surface area contributed by atoms with Crippen molar-refractivity contribution in [1.82, 2.24) is 15.1 Å². The van der Waals surface area contributed by atoms with Crippen LogP contribution < -0.4 is 5.32 Å². The molecule has 5 nitrogen and oxygen atoms in total. The minimum absolute atomic E-state index is 0.130. The van der Waals surface area contributed by atoms with Gasteiger partial charge in [-0.25, -0.2) is 0 Å². The Hall–Kier alpha value is -2.81. The lowest BCUT2D eigenvalue weighted by Gasteiger charge is -2.34. The molecule has 144 valence electrons. The van der Waals surface area contributed by atoms with E-state index in [-0.39, 0.29) is 11.5 Å². The van der Waals surface area contributed by atoms with Gasteiger partial charge in [-0.2, -0.15) is 5.26 Å². The first-order valence-electron chi connectivity index (χ1n) is 9.29. The average Bonchev–Trinajstić information content (AvgIpc) is 2.73. The van der Waals surface area contributed by atoms with Crippen molar-refractivity contribution in [3.8, 4) is 6.07 Å². The number of nitrogens with one attached hydrogen (secondary N) is 1. The third kappa shape index (κ3) is 5.85. The second-order valence-corrected chi connectivity index (χ2v) is 7.20. The Labute approximate surface area is 170 Å². The summed E-state index contributed by atoms with van der Waals surface area (Å²) in [6.45, 7) is 4.67. The molecule has 1 saturated heterocycles. The number of halogens is 1. The second kappa shape index (κ2) is 9.93. The number of amides is 1. The van der Waals surface area contributed by atoms with Crippen molar-refractivity contribution in [1.29, 1.82) is 5.26 Å². The van der Waals surface area contributed by atoms with Crippen LogP contribution in [0.5, 0.6) is 0 Å². The summed E-state index contributed by atoms with van der Waals surface area (Å²) < 4.78 is 0. The van der Waals surface area contributed by atoms with Gasteiger partial charge in [-0.05, 0) is 23.3 Å². The minimum Gasteiger partial charge on any atom is -0.374 e. The molecule has 0 bridgehead atoms. The topological polar surface area (TPSA) is 59.4 Å². The Bertz CT molecular complexity index is 850. The molecular formula is C22H23ClN4O. The Kier molecular flexibility index (Phi) is 7.07. The van der Waals surface area contributed by atoms with Crippen LogP contribution in [0.15, 0.2) is 66.4 Å². The summed E-state index contributed by atoms with van der Waals surface area (Å²) in [4.78, 5) is 16.8. The summed E-state index contributed by atoms with van der Waals surface area (Å²) in [7, 11) is 0. The van der Waals surface area contributed by atoms with Crippen molar-refractivity contribution in [2.24, 2.45) is 0 Å². The highest BCUT2D eigenvalue weighted by Crippen LogP contribution is 2.11. The normalized spacial score (nSPS) is 15.1. The van der Waals surface area contributed by atoms with Gasteiger partial charge in [0, 0.05) is 50.5 Å². The zero-order valence-electron chi connectivity index (χ0n) is 15.6. The Morgan fingerprint density at radius 2 is 1.71 bits per heavy atom. The third-order valence-electron chi connectivity index (χ3n) is 4.70. The quantitative estimate of drug-likeness (QED) is 0.604. The Balaban J connectivity index is 1.49. The van der Waals surface area contributed by atoms with Gasteiger partial charge < -0.3 is 10.2 Å². The number of hydrogen-bond acceptors (Lipinski definition) is 4. The molecule has 0 aromatic heterocycles. The zero-order valence-corrected chi connectivity index (χ0v) is 16.4. The fourth-order valence-electron chi connectivity index (χ4n) is 3.09. The van der Waals surface area contributed by atoms with Crippen molar-refractivity contribution in [3.63, 3.8) is 0 Å². The molecule has 1 N–H and O–H groups in total. The molecule has 1 aliphatic rings. The van der Waals surface area contributed by atoms with Gasteiger partial charge in [0.2, 0.25) is 0 Å². The van der Waals surface area contributed by atoms with Crippen molar-refractivity contribution >= 4 is 17.5 Å². The van der Waals surface area contributed by atoms with Crippen LogP contribution in [0.1, 0.15) is 11.1 Å². The number of nitriles is 1. The predicted octanol–water partition coefficient (Wildman–Crippen LogP) is 3.18. The van der Waals surface area contributed by atoms with E-state index in [2.05, 4.69) is 34.5 Å². The van der Waals surface area contributed by atoms with Crippen LogP contribution in [0.2, 0.25) is 5.02 Å². The van der Waals surface area contributed by atoms with Gasteiger partial charge in [0.05, 0.1) is 0 Å². The number of nitrogens with zero attached hydrogens (tertiary/aromatic N) is 3. The van der Waals surface area contributed by atoms with E-state index >= 15 is 0 Å². The van der Waals surface area contributed by atoms with Gasteiger partial charge in [0.25, 0.3) is 5.91 Å². The molecule has 28 heavy (non-hydrogen) atoms. The smallest absolute Gasteiger partial charge is 0.263 e. The summed E-state index contributed by atoms with van der Waals surface area (Å²) in [6.07, 6.45) is 1.68. The third-order valence-corrected chi connectivity index (χ3v) is 4.95. The molecule has 6 heteroatoms. The lowest BCUT2D eigenvalue weighted by atomic mass is 10.2. The summed E-state index contributed by atoms with van der Waals surface area (Å²) in [6, 6.07) is 19.7. The Morgan fingerprint density at radius 1 is 1.04 bits per heavy atom. The molecule has 0 radical (unpaired) electrons. The predicted molar refractivity (Wildman–Crippen MR) is 110 cm³/mol. The molecule has 2 aromatic rings. The van der Waals surface area contributed by atoms with Crippen LogP contribution in [-0.2, 0) is 17.9 Å². The SMILES string of the molecule is N#C/C(=C/N1CCN(Cc2ccccc2)CC1)C(=O)NCc1ccc(Cl)cc1. The van der Waals surface area contributed by atoms with Crippen LogP contribution in [0.4, 0.5) is 0 Å². The van der Waals surface area contributed by atoms with Gasteiger partial charge in [0.15, 0.2) is 0 Å². The van der Waals surface area contributed by atoms with Crippen molar-refractivity contribution in [2.75, 3.05) is 26.2 Å². The van der Waals surface area contributed by atoms with Crippen LogP contribution in [0, 0.1) is 11.3 Å². The van der Waals surface area contributed by atoms with Crippen LogP contribution in [0.3, 0.4) is 0 Å². The lowest BCUT2D eigenvalue weighted by molar-refractivity contribution is -0.117. The monoisotopic (exact) mass is 394 g/mol. The first-order chi connectivity index (χ1) is 13.6. The highest BCUT2D eigenvalue weighted by Gasteiger charge is 2.17. The van der Waals surface area contributed by atoms with Gasteiger partial charge >= 0.3 is 0 Å². The van der Waals surface area contributed by atoms with Crippen LogP contribution in [0.25, 0.3) is 0 Å². The molecule has 1 fully saturated rings. The van der Waals surface area contributed by atoms with Gasteiger partial charge in [-0.15, -0.1) is 0 Å². The van der Waals surface area contributed by atoms with E-state index in [9.17, 15) is 10.1 Å². The van der Waals surface area contributed by atoms with Crippen molar-refractivity contribution < 1.29 is 4.79 Å². The van der Waals surface area contributed by atoms with Gasteiger partial charge in [-0.1, -0.05) is 54.1 Å². The minimum atomic E-state index is -0.357. The molecule has 0 spiro atoms. The average molecular weight is 395 g/mol. The number of hydrogen-bond donors (Lipinski definition) is 1. The summed E-state index contributed by atoms with van der Waals surface area (Å²) in [5.74, 6) is -0.357. The van der Waals surface area contributed by atoms with E-state index in [1.54, 1.807) is 18.3 Å². The van der Waals surface area contributed by atoms with Gasteiger partial charge in [0.1, 0.15) is 11.6 Å². The molecule has 0 aliphatic carbocycles. The molecule has 0 atom stereocenters. The van der Waals surface area contributed by atoms with E-state index in [0.29, 0.717) is 11.6 Å². The first-order valence-corrected chi connectivity index (χ1v) is 9.67. The first kappa shape index (κ1) is 19.9. The van der Waals surface area contributed by atoms with E-state index in [1.807, 2.05) is 29.2 Å². The summed E-state index contributed by atoms with van der Waals surface area (Å²) in [5, 5.41) is 12.8. The fourth-order valence-corrected chi connectivity index (χ4v) is 3.22. The number of benzene rings is 2. The molecular weight excluding hydrogens is 372 g/mol. The molecule has 2 aromatic carbocycles. The number of carbonyl (C=O) groups is 1. The fraction of sp³-hybridized carbons (Fsp3) is 0.273. The maximum atomic E-state index is 12.3. The second-order valence-electron chi connectivity index (χ2n) is 6.76. The van der Waals surface area contributed by atoms with E-state index < -0.39 is 0 Å². The molecule has 1 heterocycles. The summed E-state index contributed by atoms with van der Waals surface area (Å²) >= 11 is 5.86. The lowest BCUT2D eigenvalue weighted by Crippen LogP contribution is -2.44. The number of piperazine rings is 1. The standard InChI is InChI=1S/C22H23ClN4O/c23-21-8-6-18(7-9-21)15-25-22(28)20(14-24)17-27-12-10-26(11-13-27)16-19-4-2-1-3-5-19/h1-9,17H,10-13,15-16H2,(H,25,28)/b20-17-. The van der Waals surface area contributed by atoms with E-state index in [1.165, 1.54) is 5.56 Å². The highest BCUT2D eigenvalue weighted by molar-refractivity contribution is 6.30. The van der Waals surface area contributed by atoms with Crippen LogP contribution >= 0.6 is 11.6 Å². The molecule has 3 rings (SSSR count). The van der Waals surface area contributed by atoms with Crippen molar-refractivity contribution in [2.45, 2.75) is 13.1 Å². The highest BCUT2D eigenvalue weighted by atomic mass is 35.5. The number of carbonyl (C=O) groups excluding carboxylic acids is 1. The van der Waals surface area contributed by atoms with E-state index in [0.717, 1.165) is 38.3 Å². The molecule has 0 saturated carbocycles. The maximum absolute atomic E-state index is 12.3. The maximum Gasteiger partial charge on any atom is 0.263 e. The van der Waals surface area contributed by atoms with E-state index in [4.69, 9.17) is 11.6 Å². The molecule has 0 unspecified atom stereocenters. The molecule has 1 aliphatic heterocycles.